The summed E-state index contributed by atoms with van der Waals surface area (Å²) in [4.78, 5) is 6.45. The lowest BCUT2D eigenvalue weighted by molar-refractivity contribution is 0.122. The molecule has 1 aromatic heterocycles. The van der Waals surface area contributed by atoms with Crippen molar-refractivity contribution in [2.24, 2.45) is 0 Å². The number of benzene rings is 2. The van der Waals surface area contributed by atoms with Crippen LogP contribution in [0.2, 0.25) is 0 Å². The van der Waals surface area contributed by atoms with Gasteiger partial charge in [-0.15, -0.1) is 11.3 Å². The van der Waals surface area contributed by atoms with Crippen LogP contribution in [0.4, 0.5) is 0 Å². The van der Waals surface area contributed by atoms with E-state index in [0.717, 1.165) is 34.0 Å². The third-order valence-corrected chi connectivity index (χ3v) is 5.22. The Morgan fingerprint density at radius 2 is 1.96 bits per heavy atom. The Morgan fingerprint density at radius 1 is 1.18 bits per heavy atom. The molecule has 3 rings (SSSR count). The molecule has 6 heteroatoms. The highest BCUT2D eigenvalue weighted by molar-refractivity contribution is 7.13. The average Bonchev–Trinajstić information content (AvgIpc) is 3.22. The minimum Gasteiger partial charge on any atom is -0.489 e. The molecule has 2 N–H and O–H groups in total. The molecule has 0 unspecified atom stereocenters. The topological polar surface area (TPSA) is 57.6 Å². The zero-order valence-corrected chi connectivity index (χ0v) is 17.2. The Hall–Kier alpha value is -2.25. The third kappa shape index (κ3) is 5.87. The van der Waals surface area contributed by atoms with Crippen molar-refractivity contribution in [3.63, 3.8) is 0 Å². The molecular formula is C22H27N3O2S. The van der Waals surface area contributed by atoms with E-state index in [9.17, 15) is 5.11 Å². The molecule has 0 aliphatic rings. The molecule has 0 radical (unpaired) electrons. The fraction of sp³-hybridized carbons (Fsp3) is 0.318. The number of hydrogen-bond acceptors (Lipinski definition) is 6. The molecule has 3 aromatic rings. The van der Waals surface area contributed by atoms with Gasteiger partial charge in [0.2, 0.25) is 0 Å². The summed E-state index contributed by atoms with van der Waals surface area (Å²) in [6, 6.07) is 16.4. The SMILES string of the molecule is CNC[C@@H](O)CN(C)Cc1ccccc1OCc1ccc(-c2nccs2)cc1. The lowest BCUT2D eigenvalue weighted by Gasteiger charge is -2.22. The van der Waals surface area contributed by atoms with Gasteiger partial charge in [-0.3, -0.25) is 4.90 Å². The van der Waals surface area contributed by atoms with Crippen LogP contribution in [-0.4, -0.2) is 48.3 Å². The van der Waals surface area contributed by atoms with E-state index >= 15 is 0 Å². The number of nitrogens with one attached hydrogen (secondary N) is 1. The number of aliphatic hydroxyl groups is 1. The second-order valence-electron chi connectivity index (χ2n) is 6.84. The number of thiazole rings is 1. The molecule has 148 valence electrons. The van der Waals surface area contributed by atoms with Crippen LogP contribution in [-0.2, 0) is 13.2 Å². The maximum Gasteiger partial charge on any atom is 0.124 e. The van der Waals surface area contributed by atoms with Crippen LogP contribution in [0.1, 0.15) is 11.1 Å². The Kier molecular flexibility index (Phi) is 7.56. The summed E-state index contributed by atoms with van der Waals surface area (Å²) in [5.41, 5.74) is 3.36. The number of para-hydroxylation sites is 1. The molecular weight excluding hydrogens is 370 g/mol. The van der Waals surface area contributed by atoms with Crippen LogP contribution in [0.25, 0.3) is 10.6 Å². The summed E-state index contributed by atoms with van der Waals surface area (Å²) in [6.45, 7) is 2.42. The first-order valence-electron chi connectivity index (χ1n) is 9.36. The first-order valence-corrected chi connectivity index (χ1v) is 10.2. The molecule has 28 heavy (non-hydrogen) atoms. The van der Waals surface area contributed by atoms with Gasteiger partial charge in [-0.1, -0.05) is 42.5 Å². The van der Waals surface area contributed by atoms with Crippen LogP contribution < -0.4 is 10.1 Å². The van der Waals surface area contributed by atoms with Crippen molar-refractivity contribution in [3.05, 3.63) is 71.2 Å². The van der Waals surface area contributed by atoms with Crippen molar-refractivity contribution in [1.82, 2.24) is 15.2 Å². The fourth-order valence-electron chi connectivity index (χ4n) is 3.06. The van der Waals surface area contributed by atoms with Gasteiger partial charge in [0.25, 0.3) is 0 Å². The number of aliphatic hydroxyl groups excluding tert-OH is 1. The molecule has 0 fully saturated rings. The number of likely N-dealkylation sites (N-methyl/N-ethyl adjacent to an activating group) is 2. The molecule has 2 aromatic carbocycles. The molecule has 0 aliphatic heterocycles. The van der Waals surface area contributed by atoms with E-state index in [4.69, 9.17) is 4.74 Å². The van der Waals surface area contributed by atoms with E-state index in [0.29, 0.717) is 19.7 Å². The third-order valence-electron chi connectivity index (χ3n) is 4.40. The Bertz CT molecular complexity index is 837. The standard InChI is InChI=1S/C22H27N3O2S/c1-23-13-20(26)15-25(2)14-19-5-3-4-6-21(19)27-16-17-7-9-18(10-8-17)22-24-11-12-28-22/h3-12,20,23,26H,13-16H2,1-2H3/t20-/m1/s1. The van der Waals surface area contributed by atoms with E-state index in [-0.39, 0.29) is 6.10 Å². The minimum absolute atomic E-state index is 0.389. The molecule has 0 amide bonds. The summed E-state index contributed by atoms with van der Waals surface area (Å²) in [6.07, 6.45) is 1.43. The Balaban J connectivity index is 1.59. The van der Waals surface area contributed by atoms with Crippen LogP contribution in [0.5, 0.6) is 5.75 Å². The van der Waals surface area contributed by atoms with Gasteiger partial charge in [0.05, 0.1) is 6.10 Å². The summed E-state index contributed by atoms with van der Waals surface area (Å²) in [7, 11) is 3.85. The van der Waals surface area contributed by atoms with Gasteiger partial charge in [0.1, 0.15) is 17.4 Å². The minimum atomic E-state index is -0.389. The number of hydrogen-bond donors (Lipinski definition) is 2. The molecule has 0 spiro atoms. The second kappa shape index (κ2) is 10.3. The number of ether oxygens (including phenoxy) is 1. The predicted molar refractivity (Wildman–Crippen MR) is 115 cm³/mol. The van der Waals surface area contributed by atoms with E-state index < -0.39 is 0 Å². The summed E-state index contributed by atoms with van der Waals surface area (Å²) in [5.74, 6) is 0.876. The van der Waals surface area contributed by atoms with Crippen LogP contribution >= 0.6 is 11.3 Å². The van der Waals surface area contributed by atoms with E-state index in [1.165, 1.54) is 0 Å². The molecule has 0 aliphatic carbocycles. The summed E-state index contributed by atoms with van der Waals surface area (Å²) in [5, 5.41) is 16.0. The molecule has 5 nitrogen and oxygen atoms in total. The molecule has 0 saturated heterocycles. The smallest absolute Gasteiger partial charge is 0.124 e. The van der Waals surface area contributed by atoms with Gasteiger partial charge < -0.3 is 15.2 Å². The normalized spacial score (nSPS) is 12.3. The van der Waals surface area contributed by atoms with Crippen molar-refractivity contribution in [2.75, 3.05) is 27.2 Å². The largest absolute Gasteiger partial charge is 0.489 e. The van der Waals surface area contributed by atoms with Gasteiger partial charge in [-0.25, -0.2) is 4.98 Å². The lowest BCUT2D eigenvalue weighted by Crippen LogP contribution is -2.35. The first-order chi connectivity index (χ1) is 13.7. The quantitative estimate of drug-likeness (QED) is 0.549. The Labute approximate surface area is 170 Å². The van der Waals surface area contributed by atoms with E-state index in [1.54, 1.807) is 11.3 Å². The number of nitrogens with zero attached hydrogens (tertiary/aromatic N) is 2. The zero-order valence-electron chi connectivity index (χ0n) is 16.3. The van der Waals surface area contributed by atoms with Crippen molar-refractivity contribution < 1.29 is 9.84 Å². The zero-order chi connectivity index (χ0) is 19.8. The molecule has 1 atom stereocenters. The van der Waals surface area contributed by atoms with E-state index in [1.807, 2.05) is 43.9 Å². The van der Waals surface area contributed by atoms with Gasteiger partial charge in [0.15, 0.2) is 0 Å². The van der Waals surface area contributed by atoms with Crippen molar-refractivity contribution in [2.45, 2.75) is 19.3 Å². The van der Waals surface area contributed by atoms with Crippen LogP contribution in [0, 0.1) is 0 Å². The Morgan fingerprint density at radius 3 is 2.68 bits per heavy atom. The molecule has 0 bridgehead atoms. The molecule has 1 heterocycles. The van der Waals surface area contributed by atoms with Gasteiger partial charge in [0, 0.05) is 42.3 Å². The summed E-state index contributed by atoms with van der Waals surface area (Å²) >= 11 is 1.64. The summed E-state index contributed by atoms with van der Waals surface area (Å²) < 4.78 is 6.09. The van der Waals surface area contributed by atoms with Crippen molar-refractivity contribution >= 4 is 11.3 Å². The van der Waals surface area contributed by atoms with Crippen LogP contribution in [0.3, 0.4) is 0 Å². The predicted octanol–water partition coefficient (Wildman–Crippen LogP) is 3.40. The highest BCUT2D eigenvalue weighted by Crippen LogP contribution is 2.24. The number of aromatic nitrogens is 1. The molecule has 0 saturated carbocycles. The van der Waals surface area contributed by atoms with Crippen molar-refractivity contribution in [1.29, 1.82) is 0 Å². The maximum absolute atomic E-state index is 9.97. The van der Waals surface area contributed by atoms with Crippen molar-refractivity contribution in [3.8, 4) is 16.3 Å². The first kappa shape index (κ1) is 20.5. The second-order valence-corrected chi connectivity index (χ2v) is 7.73. The lowest BCUT2D eigenvalue weighted by atomic mass is 10.1. The van der Waals surface area contributed by atoms with Gasteiger partial charge in [-0.05, 0) is 25.7 Å². The number of rotatable bonds is 10. The van der Waals surface area contributed by atoms with Gasteiger partial charge >= 0.3 is 0 Å². The highest BCUT2D eigenvalue weighted by atomic mass is 32.1. The fourth-order valence-corrected chi connectivity index (χ4v) is 3.71. The average molecular weight is 398 g/mol. The highest BCUT2D eigenvalue weighted by Gasteiger charge is 2.11. The van der Waals surface area contributed by atoms with E-state index in [2.05, 4.69) is 45.5 Å². The van der Waals surface area contributed by atoms with Crippen LogP contribution in [0.15, 0.2) is 60.1 Å². The monoisotopic (exact) mass is 397 g/mol. The van der Waals surface area contributed by atoms with Gasteiger partial charge in [-0.2, -0.15) is 0 Å². The maximum atomic E-state index is 9.97.